The maximum Gasteiger partial charge on any atom is 0.298 e. The summed E-state index contributed by atoms with van der Waals surface area (Å²) in [7, 11) is 1.55. The molecule has 3 heteroatoms. The van der Waals surface area contributed by atoms with E-state index in [-0.39, 0.29) is 0 Å². The van der Waals surface area contributed by atoms with Crippen molar-refractivity contribution in [3.8, 4) is 0 Å². The monoisotopic (exact) mass is 111 g/mol. The molecule has 0 saturated heterocycles. The lowest BCUT2D eigenvalue weighted by molar-refractivity contribution is -0.138. The second-order valence-electron chi connectivity index (χ2n) is 1.60. The van der Waals surface area contributed by atoms with Gasteiger partial charge < -0.3 is 4.90 Å². The summed E-state index contributed by atoms with van der Waals surface area (Å²) in [4.78, 5) is 22.0. The van der Waals surface area contributed by atoms with Gasteiger partial charge in [0.1, 0.15) is 0 Å². The first-order valence-electron chi connectivity index (χ1n) is 2.21. The van der Waals surface area contributed by atoms with Crippen molar-refractivity contribution in [2.75, 3.05) is 7.05 Å². The molecule has 0 aliphatic carbocycles. The molecule has 0 aromatic rings. The molecule has 0 aromatic carbocycles. The maximum atomic E-state index is 10.4. The Kier molecular flexibility index (Phi) is 0.901. The first kappa shape index (κ1) is 5.03. The highest BCUT2D eigenvalue weighted by molar-refractivity contribution is 6.42. The summed E-state index contributed by atoms with van der Waals surface area (Å²) < 4.78 is 0. The van der Waals surface area contributed by atoms with E-state index in [1.807, 2.05) is 0 Å². The first-order valence-corrected chi connectivity index (χ1v) is 2.21. The third kappa shape index (κ3) is 0.521. The predicted octanol–water partition coefficient (Wildman–Crippen LogP) is -0.459. The molecule has 0 aromatic heterocycles. The molecule has 0 saturated carbocycles. The van der Waals surface area contributed by atoms with E-state index in [0.717, 1.165) is 0 Å². The van der Waals surface area contributed by atoms with Gasteiger partial charge >= 0.3 is 0 Å². The maximum absolute atomic E-state index is 10.4. The Labute approximate surface area is 46.6 Å². The van der Waals surface area contributed by atoms with Crippen molar-refractivity contribution in [1.82, 2.24) is 4.90 Å². The Morgan fingerprint density at radius 3 is 2.25 bits per heavy atom. The fourth-order valence-electron chi connectivity index (χ4n) is 0.492. The molecule has 1 heterocycles. The van der Waals surface area contributed by atoms with Gasteiger partial charge in [-0.05, 0) is 0 Å². The van der Waals surface area contributed by atoms with E-state index in [0.29, 0.717) is 0 Å². The molecule has 0 bridgehead atoms. The van der Waals surface area contributed by atoms with E-state index in [1.54, 1.807) is 7.05 Å². The van der Waals surface area contributed by atoms with Crippen molar-refractivity contribution in [1.29, 1.82) is 0 Å². The van der Waals surface area contributed by atoms with Crippen LogP contribution in [0.2, 0.25) is 0 Å². The number of carbonyl (C=O) groups is 2. The van der Waals surface area contributed by atoms with Gasteiger partial charge in [-0.3, -0.25) is 9.59 Å². The zero-order valence-electron chi connectivity index (χ0n) is 4.42. The highest BCUT2D eigenvalue weighted by Gasteiger charge is 2.19. The van der Waals surface area contributed by atoms with Crippen LogP contribution in [-0.2, 0) is 9.59 Å². The normalized spacial score (nSPS) is 18.4. The number of likely N-dealkylation sites (N-methyl/N-ethyl adjacent to an activating group) is 1. The number of hydrogen-bond donors (Lipinski definition) is 0. The summed E-state index contributed by atoms with van der Waals surface area (Å²) in [5, 5.41) is 0. The lowest BCUT2D eigenvalue weighted by Gasteiger charge is -1.99. The molecule has 1 aliphatic heterocycles. The van der Waals surface area contributed by atoms with Crippen LogP contribution in [-0.4, -0.2) is 23.6 Å². The van der Waals surface area contributed by atoms with Crippen molar-refractivity contribution in [3.05, 3.63) is 12.3 Å². The lowest BCUT2D eigenvalue weighted by atomic mass is 10.4. The fourth-order valence-corrected chi connectivity index (χ4v) is 0.492. The molecule has 1 aliphatic rings. The highest BCUT2D eigenvalue weighted by atomic mass is 16.2. The zero-order valence-corrected chi connectivity index (χ0v) is 4.42. The van der Waals surface area contributed by atoms with Gasteiger partial charge in [-0.15, -0.1) is 0 Å². The SMILES string of the molecule is CN1C=CC(=O)C1=O. The number of nitrogens with zero attached hydrogens (tertiary/aromatic N) is 1. The van der Waals surface area contributed by atoms with E-state index in [2.05, 4.69) is 0 Å². The minimum absolute atomic E-state index is 0.437. The van der Waals surface area contributed by atoms with Crippen molar-refractivity contribution in [2.45, 2.75) is 0 Å². The Morgan fingerprint density at radius 1 is 1.50 bits per heavy atom. The molecule has 42 valence electrons. The summed E-state index contributed by atoms with van der Waals surface area (Å²) in [6.07, 6.45) is 2.70. The Bertz CT molecular complexity index is 171. The molecular formula is C5H5NO2. The fraction of sp³-hybridized carbons (Fsp3) is 0.200. The molecule has 1 rings (SSSR count). The topological polar surface area (TPSA) is 37.4 Å². The lowest BCUT2D eigenvalue weighted by Crippen LogP contribution is -2.21. The highest BCUT2D eigenvalue weighted by Crippen LogP contribution is 1.97. The van der Waals surface area contributed by atoms with E-state index in [1.165, 1.54) is 17.2 Å². The Hall–Kier alpha value is -1.12. The largest absolute Gasteiger partial charge is 0.315 e. The van der Waals surface area contributed by atoms with Crippen molar-refractivity contribution in [3.63, 3.8) is 0 Å². The van der Waals surface area contributed by atoms with E-state index in [4.69, 9.17) is 0 Å². The molecular weight excluding hydrogens is 106 g/mol. The molecule has 0 N–H and O–H groups in total. The minimum atomic E-state index is -0.454. The van der Waals surface area contributed by atoms with Crippen LogP contribution in [0.3, 0.4) is 0 Å². The molecule has 0 radical (unpaired) electrons. The first-order chi connectivity index (χ1) is 3.72. The van der Waals surface area contributed by atoms with Crippen LogP contribution in [0, 0.1) is 0 Å². The van der Waals surface area contributed by atoms with Crippen LogP contribution in [0.4, 0.5) is 0 Å². The molecule has 0 spiro atoms. The Balaban J connectivity index is 2.85. The van der Waals surface area contributed by atoms with Crippen molar-refractivity contribution in [2.24, 2.45) is 0 Å². The molecule has 3 nitrogen and oxygen atoms in total. The van der Waals surface area contributed by atoms with Crippen LogP contribution in [0.5, 0.6) is 0 Å². The van der Waals surface area contributed by atoms with Gasteiger partial charge in [0.2, 0.25) is 5.78 Å². The number of rotatable bonds is 0. The van der Waals surface area contributed by atoms with Crippen LogP contribution >= 0.6 is 0 Å². The van der Waals surface area contributed by atoms with Crippen LogP contribution in [0.1, 0.15) is 0 Å². The molecule has 0 unspecified atom stereocenters. The summed E-state index contributed by atoms with van der Waals surface area (Å²) >= 11 is 0. The van der Waals surface area contributed by atoms with Gasteiger partial charge in [0, 0.05) is 19.3 Å². The third-order valence-electron chi connectivity index (χ3n) is 0.981. The third-order valence-corrected chi connectivity index (χ3v) is 0.981. The quantitative estimate of drug-likeness (QED) is 0.397. The second kappa shape index (κ2) is 1.43. The molecule has 8 heavy (non-hydrogen) atoms. The van der Waals surface area contributed by atoms with Gasteiger partial charge in [0.25, 0.3) is 5.91 Å². The molecule has 0 fully saturated rings. The molecule has 1 amide bonds. The summed E-state index contributed by atoms with van der Waals surface area (Å²) in [5.41, 5.74) is 0. The van der Waals surface area contributed by atoms with E-state index >= 15 is 0 Å². The average Bonchev–Trinajstić information content (AvgIpc) is 1.98. The van der Waals surface area contributed by atoms with Crippen LogP contribution in [0.25, 0.3) is 0 Å². The zero-order chi connectivity index (χ0) is 6.15. The van der Waals surface area contributed by atoms with E-state index < -0.39 is 11.7 Å². The average molecular weight is 111 g/mol. The number of hydrogen-bond acceptors (Lipinski definition) is 2. The van der Waals surface area contributed by atoms with Crippen LogP contribution in [0.15, 0.2) is 12.3 Å². The smallest absolute Gasteiger partial charge is 0.298 e. The summed E-state index contributed by atoms with van der Waals surface area (Å²) in [6.45, 7) is 0. The predicted molar refractivity (Wildman–Crippen MR) is 26.9 cm³/mol. The van der Waals surface area contributed by atoms with Crippen molar-refractivity contribution < 1.29 is 9.59 Å². The van der Waals surface area contributed by atoms with Crippen LogP contribution < -0.4 is 0 Å². The van der Waals surface area contributed by atoms with Gasteiger partial charge in [-0.25, -0.2) is 0 Å². The minimum Gasteiger partial charge on any atom is -0.315 e. The van der Waals surface area contributed by atoms with Gasteiger partial charge in [-0.2, -0.15) is 0 Å². The standard InChI is InChI=1S/C5H5NO2/c1-6-3-2-4(7)5(6)8/h2-3H,1H3. The molecule has 0 atom stereocenters. The second-order valence-corrected chi connectivity index (χ2v) is 1.60. The van der Waals surface area contributed by atoms with E-state index in [9.17, 15) is 9.59 Å². The van der Waals surface area contributed by atoms with Gasteiger partial charge in [0.15, 0.2) is 0 Å². The number of carbonyl (C=O) groups excluding carboxylic acids is 2. The summed E-state index contributed by atoms with van der Waals surface area (Å²) in [5.74, 6) is -0.891. The summed E-state index contributed by atoms with van der Waals surface area (Å²) in [6, 6.07) is 0. The Morgan fingerprint density at radius 2 is 2.12 bits per heavy atom. The van der Waals surface area contributed by atoms with Crippen molar-refractivity contribution >= 4 is 11.7 Å². The van der Waals surface area contributed by atoms with Gasteiger partial charge in [0.05, 0.1) is 0 Å². The van der Waals surface area contributed by atoms with Gasteiger partial charge in [-0.1, -0.05) is 0 Å². The number of amides is 1. The number of ketones is 1.